The topological polar surface area (TPSA) is 42.7 Å². The van der Waals surface area contributed by atoms with Crippen molar-refractivity contribution >= 4 is 5.69 Å². The molecule has 1 heterocycles. The van der Waals surface area contributed by atoms with Crippen molar-refractivity contribution in [2.75, 3.05) is 12.4 Å². The number of nitrogens with one attached hydrogen (secondary N) is 1. The van der Waals surface area contributed by atoms with Crippen molar-refractivity contribution in [1.82, 2.24) is 15.0 Å². The van der Waals surface area contributed by atoms with Crippen LogP contribution in [0, 0.1) is 0 Å². The van der Waals surface area contributed by atoms with Crippen molar-refractivity contribution in [2.24, 2.45) is 0 Å². The maximum absolute atomic E-state index is 4.18. The SMILES string of the molecule is CNc1ccc(-c2cnnn2Cc2ccccc2)cc1. The van der Waals surface area contributed by atoms with Crippen LogP contribution in [-0.4, -0.2) is 22.0 Å². The second-order valence-corrected chi connectivity index (χ2v) is 4.59. The summed E-state index contributed by atoms with van der Waals surface area (Å²) in [5, 5.41) is 11.3. The summed E-state index contributed by atoms with van der Waals surface area (Å²) in [6.07, 6.45) is 1.80. The highest BCUT2D eigenvalue weighted by Gasteiger charge is 2.07. The van der Waals surface area contributed by atoms with Crippen LogP contribution < -0.4 is 5.32 Å². The Hall–Kier alpha value is -2.62. The molecule has 0 radical (unpaired) electrons. The first-order chi connectivity index (χ1) is 9.86. The summed E-state index contributed by atoms with van der Waals surface area (Å²) in [5.41, 5.74) is 4.45. The van der Waals surface area contributed by atoms with Crippen molar-refractivity contribution in [2.45, 2.75) is 6.54 Å². The van der Waals surface area contributed by atoms with Gasteiger partial charge in [-0.25, -0.2) is 4.68 Å². The fourth-order valence-corrected chi connectivity index (χ4v) is 2.16. The van der Waals surface area contributed by atoms with Gasteiger partial charge in [0, 0.05) is 18.3 Å². The fourth-order valence-electron chi connectivity index (χ4n) is 2.16. The van der Waals surface area contributed by atoms with Crippen LogP contribution in [0.1, 0.15) is 5.56 Å². The second kappa shape index (κ2) is 5.57. The molecule has 0 aliphatic carbocycles. The Morgan fingerprint density at radius 2 is 1.75 bits per heavy atom. The highest BCUT2D eigenvalue weighted by atomic mass is 15.4. The second-order valence-electron chi connectivity index (χ2n) is 4.59. The molecule has 0 aliphatic rings. The molecule has 0 amide bonds. The lowest BCUT2D eigenvalue weighted by molar-refractivity contribution is 0.655. The molecule has 0 fully saturated rings. The Morgan fingerprint density at radius 3 is 2.45 bits per heavy atom. The molecule has 0 atom stereocenters. The molecule has 100 valence electrons. The van der Waals surface area contributed by atoms with E-state index < -0.39 is 0 Å². The van der Waals surface area contributed by atoms with Crippen molar-refractivity contribution in [3.63, 3.8) is 0 Å². The zero-order valence-electron chi connectivity index (χ0n) is 11.3. The van der Waals surface area contributed by atoms with Gasteiger partial charge in [-0.1, -0.05) is 47.7 Å². The van der Waals surface area contributed by atoms with Gasteiger partial charge in [-0.3, -0.25) is 0 Å². The van der Waals surface area contributed by atoms with Crippen LogP contribution in [0.4, 0.5) is 5.69 Å². The summed E-state index contributed by atoms with van der Waals surface area (Å²) >= 11 is 0. The van der Waals surface area contributed by atoms with Crippen molar-refractivity contribution in [3.05, 3.63) is 66.4 Å². The number of nitrogens with zero attached hydrogens (tertiary/aromatic N) is 3. The molecule has 20 heavy (non-hydrogen) atoms. The minimum atomic E-state index is 0.726. The number of hydrogen-bond donors (Lipinski definition) is 1. The van der Waals surface area contributed by atoms with Crippen LogP contribution in [0.5, 0.6) is 0 Å². The number of benzene rings is 2. The van der Waals surface area contributed by atoms with Gasteiger partial charge in [-0.15, -0.1) is 5.10 Å². The predicted molar refractivity (Wildman–Crippen MR) is 80.5 cm³/mol. The molecule has 0 spiro atoms. The minimum Gasteiger partial charge on any atom is -0.388 e. The molecule has 0 saturated carbocycles. The summed E-state index contributed by atoms with van der Waals surface area (Å²) < 4.78 is 1.92. The minimum absolute atomic E-state index is 0.726. The first-order valence-electron chi connectivity index (χ1n) is 6.57. The van der Waals surface area contributed by atoms with E-state index in [0.717, 1.165) is 23.5 Å². The van der Waals surface area contributed by atoms with Crippen molar-refractivity contribution in [3.8, 4) is 11.3 Å². The Kier molecular flexibility index (Phi) is 3.46. The standard InChI is InChI=1S/C16H16N4/c1-17-15-9-7-14(8-10-15)16-11-18-19-20(16)12-13-5-3-2-4-6-13/h2-11,17H,12H2,1H3. The van der Waals surface area contributed by atoms with E-state index >= 15 is 0 Å². The van der Waals surface area contributed by atoms with E-state index in [-0.39, 0.29) is 0 Å². The molecule has 0 bridgehead atoms. The first kappa shape index (κ1) is 12.4. The maximum Gasteiger partial charge on any atom is 0.0889 e. The lowest BCUT2D eigenvalue weighted by Crippen LogP contribution is -2.03. The third-order valence-corrected chi connectivity index (χ3v) is 3.26. The van der Waals surface area contributed by atoms with Crippen LogP contribution in [0.15, 0.2) is 60.8 Å². The van der Waals surface area contributed by atoms with Crippen LogP contribution >= 0.6 is 0 Å². The monoisotopic (exact) mass is 264 g/mol. The van der Waals surface area contributed by atoms with E-state index in [1.807, 2.05) is 29.9 Å². The highest BCUT2D eigenvalue weighted by Crippen LogP contribution is 2.21. The van der Waals surface area contributed by atoms with Crippen LogP contribution in [0.25, 0.3) is 11.3 Å². The first-order valence-corrected chi connectivity index (χ1v) is 6.57. The zero-order chi connectivity index (χ0) is 13.8. The largest absolute Gasteiger partial charge is 0.388 e. The van der Waals surface area contributed by atoms with E-state index in [4.69, 9.17) is 0 Å². The molecule has 1 aromatic heterocycles. The Balaban J connectivity index is 1.89. The highest BCUT2D eigenvalue weighted by molar-refractivity contribution is 5.62. The van der Waals surface area contributed by atoms with Gasteiger partial charge in [0.05, 0.1) is 18.4 Å². The molecule has 0 aliphatic heterocycles. The average Bonchev–Trinajstić information content (AvgIpc) is 2.96. The van der Waals surface area contributed by atoms with Crippen LogP contribution in [0.2, 0.25) is 0 Å². The lowest BCUT2D eigenvalue weighted by Gasteiger charge is -2.07. The molecular weight excluding hydrogens is 248 g/mol. The van der Waals surface area contributed by atoms with E-state index in [1.165, 1.54) is 5.56 Å². The third kappa shape index (κ3) is 2.54. The van der Waals surface area contributed by atoms with Gasteiger partial charge in [0.25, 0.3) is 0 Å². The molecule has 4 heteroatoms. The van der Waals surface area contributed by atoms with Gasteiger partial charge in [0.1, 0.15) is 0 Å². The van der Waals surface area contributed by atoms with Crippen LogP contribution in [0.3, 0.4) is 0 Å². The van der Waals surface area contributed by atoms with E-state index in [2.05, 4.69) is 52.0 Å². The van der Waals surface area contributed by atoms with Crippen LogP contribution in [-0.2, 0) is 6.54 Å². The van der Waals surface area contributed by atoms with E-state index in [1.54, 1.807) is 6.20 Å². The number of hydrogen-bond acceptors (Lipinski definition) is 3. The number of aromatic nitrogens is 3. The van der Waals surface area contributed by atoms with Gasteiger partial charge in [-0.05, 0) is 17.7 Å². The van der Waals surface area contributed by atoms with Gasteiger partial charge in [0.2, 0.25) is 0 Å². The summed E-state index contributed by atoms with van der Waals surface area (Å²) in [6.45, 7) is 0.726. The van der Waals surface area contributed by atoms with Gasteiger partial charge < -0.3 is 5.32 Å². The molecule has 4 nitrogen and oxygen atoms in total. The molecule has 2 aromatic carbocycles. The van der Waals surface area contributed by atoms with E-state index in [9.17, 15) is 0 Å². The number of anilines is 1. The molecule has 3 aromatic rings. The Labute approximate surface area is 118 Å². The average molecular weight is 264 g/mol. The lowest BCUT2D eigenvalue weighted by atomic mass is 10.1. The zero-order valence-corrected chi connectivity index (χ0v) is 11.3. The molecular formula is C16H16N4. The Bertz CT molecular complexity index is 671. The quantitative estimate of drug-likeness (QED) is 0.787. The molecule has 0 saturated heterocycles. The fraction of sp³-hybridized carbons (Fsp3) is 0.125. The maximum atomic E-state index is 4.18. The normalized spacial score (nSPS) is 10.4. The number of rotatable bonds is 4. The molecule has 3 rings (SSSR count). The summed E-state index contributed by atoms with van der Waals surface area (Å²) in [4.78, 5) is 0. The van der Waals surface area contributed by atoms with E-state index in [0.29, 0.717) is 0 Å². The van der Waals surface area contributed by atoms with Crippen molar-refractivity contribution in [1.29, 1.82) is 0 Å². The third-order valence-electron chi connectivity index (χ3n) is 3.26. The summed E-state index contributed by atoms with van der Waals surface area (Å²) in [6, 6.07) is 18.5. The molecule has 0 unspecified atom stereocenters. The Morgan fingerprint density at radius 1 is 1.00 bits per heavy atom. The summed E-state index contributed by atoms with van der Waals surface area (Å²) in [5.74, 6) is 0. The van der Waals surface area contributed by atoms with Crippen molar-refractivity contribution < 1.29 is 0 Å². The van der Waals surface area contributed by atoms with Gasteiger partial charge in [-0.2, -0.15) is 0 Å². The van der Waals surface area contributed by atoms with Gasteiger partial charge in [0.15, 0.2) is 0 Å². The molecule has 1 N–H and O–H groups in total. The van der Waals surface area contributed by atoms with Gasteiger partial charge >= 0.3 is 0 Å². The predicted octanol–water partition coefficient (Wildman–Crippen LogP) is 3.04. The smallest absolute Gasteiger partial charge is 0.0889 e. The summed E-state index contributed by atoms with van der Waals surface area (Å²) in [7, 11) is 1.91.